The molecule has 0 unspecified atom stereocenters. The number of piperidine rings is 1. The summed E-state index contributed by atoms with van der Waals surface area (Å²) in [7, 11) is 1.39. The van der Waals surface area contributed by atoms with E-state index >= 15 is 0 Å². The van der Waals surface area contributed by atoms with Crippen molar-refractivity contribution in [1.82, 2.24) is 10.2 Å². The number of aliphatic hydroxyl groups excluding tert-OH is 1. The van der Waals surface area contributed by atoms with Crippen LogP contribution in [-0.2, 0) is 9.53 Å². The van der Waals surface area contributed by atoms with Gasteiger partial charge in [0.15, 0.2) is 11.5 Å². The van der Waals surface area contributed by atoms with E-state index < -0.39 is 6.10 Å². The van der Waals surface area contributed by atoms with E-state index in [0.717, 1.165) is 31.5 Å². The number of nitrogens with zero attached hydrogens (tertiary/aromatic N) is 1. The van der Waals surface area contributed by atoms with E-state index in [1.54, 1.807) is 0 Å². The molecule has 0 radical (unpaired) electrons. The second-order valence-corrected chi connectivity index (χ2v) is 8.00. The predicted octanol–water partition coefficient (Wildman–Crippen LogP) is 1.52. The SMILES string of the molecule is COC(=O)CCCN1CC[C@@H](CNC(=O)c2cc(C)cc3c2OCCCO3)[C@H](O)C1. The highest BCUT2D eigenvalue weighted by Crippen LogP contribution is 2.34. The van der Waals surface area contributed by atoms with Gasteiger partial charge in [-0.1, -0.05) is 0 Å². The minimum Gasteiger partial charge on any atom is -0.490 e. The molecule has 8 nitrogen and oxygen atoms in total. The van der Waals surface area contributed by atoms with Crippen molar-refractivity contribution in [2.45, 2.75) is 38.7 Å². The molecule has 1 saturated heterocycles. The van der Waals surface area contributed by atoms with E-state index in [-0.39, 0.29) is 17.8 Å². The smallest absolute Gasteiger partial charge is 0.305 e. The lowest BCUT2D eigenvalue weighted by Crippen LogP contribution is -2.47. The number of benzene rings is 1. The van der Waals surface area contributed by atoms with Crippen LogP contribution in [0.1, 0.15) is 41.6 Å². The van der Waals surface area contributed by atoms with Crippen molar-refractivity contribution in [3.63, 3.8) is 0 Å². The number of hydrogen-bond acceptors (Lipinski definition) is 7. The number of β-amino-alcohol motifs (C(OH)–C–C–N with tert-alkyl or cyclic N) is 1. The number of esters is 1. The Labute approximate surface area is 177 Å². The van der Waals surface area contributed by atoms with Crippen LogP contribution in [0.25, 0.3) is 0 Å². The Morgan fingerprint density at radius 2 is 2.10 bits per heavy atom. The van der Waals surface area contributed by atoms with Gasteiger partial charge in [0.25, 0.3) is 5.91 Å². The van der Waals surface area contributed by atoms with Crippen LogP contribution in [0.5, 0.6) is 11.5 Å². The molecule has 30 heavy (non-hydrogen) atoms. The van der Waals surface area contributed by atoms with Crippen molar-refractivity contribution in [3.8, 4) is 11.5 Å². The molecule has 166 valence electrons. The van der Waals surface area contributed by atoms with E-state index in [2.05, 4.69) is 15.0 Å². The number of rotatable bonds is 7. The van der Waals surface area contributed by atoms with Gasteiger partial charge < -0.3 is 29.5 Å². The van der Waals surface area contributed by atoms with E-state index in [9.17, 15) is 14.7 Å². The molecule has 1 aromatic carbocycles. The van der Waals surface area contributed by atoms with Gasteiger partial charge in [0.2, 0.25) is 0 Å². The third-order valence-corrected chi connectivity index (χ3v) is 5.65. The van der Waals surface area contributed by atoms with Crippen LogP contribution in [-0.4, -0.2) is 74.5 Å². The lowest BCUT2D eigenvalue weighted by atomic mass is 9.93. The molecular weight excluding hydrogens is 388 g/mol. The van der Waals surface area contributed by atoms with Crippen molar-refractivity contribution >= 4 is 11.9 Å². The first-order chi connectivity index (χ1) is 14.5. The van der Waals surface area contributed by atoms with E-state index in [0.29, 0.717) is 56.2 Å². The Morgan fingerprint density at radius 1 is 1.30 bits per heavy atom. The number of aryl methyl sites for hydroxylation is 1. The monoisotopic (exact) mass is 420 g/mol. The molecule has 0 aromatic heterocycles. The molecule has 3 rings (SSSR count). The maximum absolute atomic E-state index is 12.8. The minimum atomic E-state index is -0.522. The molecular formula is C22H32N2O6. The first-order valence-electron chi connectivity index (χ1n) is 10.6. The standard InChI is InChI=1S/C22H32N2O6/c1-15-11-17(21-19(12-15)29-9-4-10-30-21)22(27)23-13-16-6-8-24(14-18(16)25)7-3-5-20(26)28-2/h11-12,16,18,25H,3-10,13-14H2,1-2H3,(H,23,27)/t16-,18+/m0/s1. The number of aliphatic hydroxyl groups is 1. The molecule has 2 aliphatic rings. The predicted molar refractivity (Wildman–Crippen MR) is 111 cm³/mol. The van der Waals surface area contributed by atoms with Crippen LogP contribution in [0.15, 0.2) is 12.1 Å². The summed E-state index contributed by atoms with van der Waals surface area (Å²) in [5.41, 5.74) is 1.41. The highest BCUT2D eigenvalue weighted by atomic mass is 16.5. The molecule has 2 aliphatic heterocycles. The van der Waals surface area contributed by atoms with Gasteiger partial charge in [-0.25, -0.2) is 0 Å². The fraction of sp³-hybridized carbons (Fsp3) is 0.636. The first-order valence-corrected chi connectivity index (χ1v) is 10.6. The molecule has 2 atom stereocenters. The molecule has 0 bridgehead atoms. The molecule has 0 spiro atoms. The summed E-state index contributed by atoms with van der Waals surface area (Å²) in [5, 5.41) is 13.5. The number of ether oxygens (including phenoxy) is 3. The number of methoxy groups -OCH3 is 1. The van der Waals surface area contributed by atoms with Gasteiger partial charge in [-0.3, -0.25) is 9.59 Å². The Bertz CT molecular complexity index is 753. The van der Waals surface area contributed by atoms with Gasteiger partial charge >= 0.3 is 5.97 Å². The zero-order valence-corrected chi connectivity index (χ0v) is 17.8. The largest absolute Gasteiger partial charge is 0.490 e. The van der Waals surface area contributed by atoms with Crippen LogP contribution in [0.2, 0.25) is 0 Å². The number of carbonyl (C=O) groups is 2. The van der Waals surface area contributed by atoms with Crippen molar-refractivity contribution in [3.05, 3.63) is 23.3 Å². The highest BCUT2D eigenvalue weighted by molar-refractivity contribution is 5.98. The molecule has 1 aromatic rings. The summed E-state index contributed by atoms with van der Waals surface area (Å²) in [5.74, 6) is 0.672. The average Bonchev–Trinajstić information content (AvgIpc) is 2.97. The topological polar surface area (TPSA) is 97.3 Å². The quantitative estimate of drug-likeness (QED) is 0.646. The molecule has 8 heteroatoms. The molecule has 1 amide bonds. The molecule has 2 heterocycles. The van der Waals surface area contributed by atoms with Crippen LogP contribution < -0.4 is 14.8 Å². The lowest BCUT2D eigenvalue weighted by Gasteiger charge is -2.36. The molecule has 2 N–H and O–H groups in total. The van der Waals surface area contributed by atoms with Crippen LogP contribution in [0.3, 0.4) is 0 Å². The second-order valence-electron chi connectivity index (χ2n) is 8.00. The van der Waals surface area contributed by atoms with E-state index in [1.165, 1.54) is 7.11 Å². The average molecular weight is 421 g/mol. The number of likely N-dealkylation sites (tertiary alicyclic amines) is 1. The van der Waals surface area contributed by atoms with Crippen molar-refractivity contribution in [2.24, 2.45) is 5.92 Å². The Balaban J connectivity index is 1.51. The van der Waals surface area contributed by atoms with Crippen LogP contribution >= 0.6 is 0 Å². The summed E-state index contributed by atoms with van der Waals surface area (Å²) in [6.45, 7) is 5.53. The lowest BCUT2D eigenvalue weighted by molar-refractivity contribution is -0.140. The van der Waals surface area contributed by atoms with Crippen molar-refractivity contribution in [1.29, 1.82) is 0 Å². The Kier molecular flexibility index (Phi) is 7.93. The van der Waals surface area contributed by atoms with Gasteiger partial charge in [0.1, 0.15) is 0 Å². The van der Waals surface area contributed by atoms with Crippen molar-refractivity contribution in [2.75, 3.05) is 46.5 Å². The highest BCUT2D eigenvalue weighted by Gasteiger charge is 2.28. The summed E-state index contributed by atoms with van der Waals surface area (Å²) in [6.07, 6.45) is 2.13. The molecule has 0 aliphatic carbocycles. The Hall–Kier alpha value is -2.32. The summed E-state index contributed by atoms with van der Waals surface area (Å²) in [6, 6.07) is 3.69. The number of carbonyl (C=O) groups excluding carboxylic acids is 2. The van der Waals surface area contributed by atoms with Crippen LogP contribution in [0.4, 0.5) is 0 Å². The van der Waals surface area contributed by atoms with Crippen molar-refractivity contribution < 1.29 is 28.9 Å². The minimum absolute atomic E-state index is 0.00797. The normalized spacial score (nSPS) is 21.6. The van der Waals surface area contributed by atoms with Crippen LogP contribution in [0, 0.1) is 12.8 Å². The summed E-state index contributed by atoms with van der Waals surface area (Å²) >= 11 is 0. The zero-order valence-electron chi connectivity index (χ0n) is 17.8. The fourth-order valence-corrected chi connectivity index (χ4v) is 3.93. The number of nitrogens with one attached hydrogen (secondary N) is 1. The van der Waals surface area contributed by atoms with Gasteiger partial charge in [-0.05, 0) is 50.6 Å². The van der Waals surface area contributed by atoms with Gasteiger partial charge in [-0.2, -0.15) is 0 Å². The summed E-state index contributed by atoms with van der Waals surface area (Å²) in [4.78, 5) is 26.2. The summed E-state index contributed by atoms with van der Waals surface area (Å²) < 4.78 is 16.1. The maximum Gasteiger partial charge on any atom is 0.305 e. The number of hydrogen-bond donors (Lipinski definition) is 2. The van der Waals surface area contributed by atoms with E-state index in [4.69, 9.17) is 9.47 Å². The number of fused-ring (bicyclic) bond motifs is 1. The second kappa shape index (κ2) is 10.6. The molecule has 0 saturated carbocycles. The Morgan fingerprint density at radius 3 is 2.87 bits per heavy atom. The van der Waals surface area contributed by atoms with Gasteiger partial charge in [0.05, 0.1) is 32.0 Å². The molecule has 1 fully saturated rings. The zero-order chi connectivity index (χ0) is 21.5. The maximum atomic E-state index is 12.8. The third kappa shape index (κ3) is 5.86. The number of amides is 1. The van der Waals surface area contributed by atoms with Gasteiger partial charge in [0, 0.05) is 31.8 Å². The first kappa shape index (κ1) is 22.4. The van der Waals surface area contributed by atoms with E-state index in [1.807, 2.05) is 19.1 Å². The fourth-order valence-electron chi connectivity index (χ4n) is 3.93. The third-order valence-electron chi connectivity index (χ3n) is 5.65. The van der Waals surface area contributed by atoms with Gasteiger partial charge in [-0.15, -0.1) is 0 Å².